The molecule has 1 aromatic rings. The molecule has 8 nitrogen and oxygen atoms in total. The first-order valence-corrected chi connectivity index (χ1v) is 6.97. The number of carbonyl (C=O) groups is 2. The number of carbonyl (C=O) groups excluding carboxylic acids is 1. The fourth-order valence-electron chi connectivity index (χ4n) is 1.46. The van der Waals surface area contributed by atoms with Crippen LogP contribution in [0.2, 0.25) is 0 Å². The largest absolute Gasteiger partial charge is 0.477 e. The zero-order valence-electron chi connectivity index (χ0n) is 10.3. The van der Waals surface area contributed by atoms with Crippen molar-refractivity contribution in [1.29, 1.82) is 0 Å². The Bertz CT molecular complexity index is 590. The molecule has 0 aromatic carbocycles. The first kappa shape index (κ1) is 15.2. The van der Waals surface area contributed by atoms with Crippen LogP contribution in [-0.2, 0) is 21.4 Å². The van der Waals surface area contributed by atoms with Gasteiger partial charge in [0.1, 0.15) is 10.6 Å². The first-order valence-electron chi connectivity index (χ1n) is 5.49. The Morgan fingerprint density at radius 1 is 1.47 bits per heavy atom. The maximum absolute atomic E-state index is 11.8. The molecule has 0 aliphatic rings. The third kappa shape index (κ3) is 3.80. The Kier molecular flexibility index (Phi) is 4.67. The molecule has 0 spiro atoms. The van der Waals surface area contributed by atoms with Gasteiger partial charge in [0, 0.05) is 25.7 Å². The predicted octanol–water partition coefficient (Wildman–Crippen LogP) is -0.640. The summed E-state index contributed by atoms with van der Waals surface area (Å²) in [4.78, 5) is 21.3. The third-order valence-electron chi connectivity index (χ3n) is 2.41. The van der Waals surface area contributed by atoms with Crippen molar-refractivity contribution in [3.63, 3.8) is 0 Å². The Morgan fingerprint density at radius 3 is 2.53 bits per heavy atom. The van der Waals surface area contributed by atoms with E-state index in [1.807, 2.05) is 0 Å². The Hall–Kier alpha value is -1.87. The van der Waals surface area contributed by atoms with Crippen LogP contribution in [-0.4, -0.2) is 36.5 Å². The van der Waals surface area contributed by atoms with E-state index >= 15 is 0 Å². The summed E-state index contributed by atoms with van der Waals surface area (Å²) in [6.45, 7) is 1.90. The highest BCUT2D eigenvalue weighted by Crippen LogP contribution is 2.14. The number of rotatable bonds is 7. The fraction of sp³-hybridized carbons (Fsp3) is 0.400. The maximum Gasteiger partial charge on any atom is 0.352 e. The van der Waals surface area contributed by atoms with Crippen LogP contribution >= 0.6 is 0 Å². The summed E-state index contributed by atoms with van der Waals surface area (Å²) in [6, 6.07) is 1.07. The quantitative estimate of drug-likeness (QED) is 0.614. The number of aromatic nitrogens is 1. The van der Waals surface area contributed by atoms with Crippen LogP contribution in [0.5, 0.6) is 0 Å². The lowest BCUT2D eigenvalue weighted by atomic mass is 10.4. The van der Waals surface area contributed by atoms with Crippen LogP contribution in [0.3, 0.4) is 0 Å². The van der Waals surface area contributed by atoms with E-state index in [4.69, 9.17) is 10.8 Å². The number of carboxylic acids is 1. The van der Waals surface area contributed by atoms with E-state index in [-0.39, 0.29) is 23.6 Å². The highest BCUT2D eigenvalue weighted by molar-refractivity contribution is 7.89. The van der Waals surface area contributed by atoms with E-state index in [1.54, 1.807) is 6.92 Å². The van der Waals surface area contributed by atoms with E-state index in [2.05, 4.69) is 4.72 Å². The first-order chi connectivity index (χ1) is 8.77. The number of nitrogens with zero attached hydrogens (tertiary/aromatic N) is 1. The average molecular weight is 289 g/mol. The van der Waals surface area contributed by atoms with Gasteiger partial charge in [0.15, 0.2) is 0 Å². The molecule has 0 atom stereocenters. The van der Waals surface area contributed by atoms with Crippen molar-refractivity contribution >= 4 is 21.9 Å². The summed E-state index contributed by atoms with van der Waals surface area (Å²) in [5, 5.41) is 8.93. The molecule has 0 fully saturated rings. The van der Waals surface area contributed by atoms with Gasteiger partial charge in [-0.3, -0.25) is 4.79 Å². The van der Waals surface area contributed by atoms with Crippen molar-refractivity contribution in [1.82, 2.24) is 9.29 Å². The second-order valence-electron chi connectivity index (χ2n) is 3.77. The molecule has 0 bridgehead atoms. The third-order valence-corrected chi connectivity index (χ3v) is 3.83. The highest BCUT2D eigenvalue weighted by atomic mass is 32.2. The van der Waals surface area contributed by atoms with Gasteiger partial charge in [-0.25, -0.2) is 17.9 Å². The minimum atomic E-state index is -3.84. The SMILES string of the molecule is CCn1cc(S(=O)(=O)NCCC(N)=O)cc1C(=O)O. The van der Waals surface area contributed by atoms with Crippen LogP contribution in [0, 0.1) is 0 Å². The molecular weight excluding hydrogens is 274 g/mol. The molecule has 1 heterocycles. The van der Waals surface area contributed by atoms with Crippen molar-refractivity contribution in [3.8, 4) is 0 Å². The highest BCUT2D eigenvalue weighted by Gasteiger charge is 2.20. The number of nitrogens with two attached hydrogens (primary N) is 1. The van der Waals surface area contributed by atoms with Gasteiger partial charge in [-0.05, 0) is 13.0 Å². The van der Waals surface area contributed by atoms with Gasteiger partial charge in [0.05, 0.1) is 0 Å². The lowest BCUT2D eigenvalue weighted by Gasteiger charge is -2.03. The standard InChI is InChI=1S/C10H15N3O5S/c1-2-13-6-7(5-8(13)10(15)16)19(17,18)12-4-3-9(11)14/h5-6,12H,2-4H2,1H3,(H2,11,14)(H,15,16). The fourth-order valence-corrected chi connectivity index (χ4v) is 2.53. The number of aryl methyl sites for hydroxylation is 1. The van der Waals surface area contributed by atoms with E-state index in [0.29, 0.717) is 6.54 Å². The molecule has 106 valence electrons. The zero-order chi connectivity index (χ0) is 14.6. The predicted molar refractivity (Wildman–Crippen MR) is 66.1 cm³/mol. The van der Waals surface area contributed by atoms with Gasteiger partial charge >= 0.3 is 5.97 Å². The number of hydrogen-bond donors (Lipinski definition) is 3. The van der Waals surface area contributed by atoms with Crippen LogP contribution in [0.4, 0.5) is 0 Å². The molecule has 0 saturated heterocycles. The topological polar surface area (TPSA) is 131 Å². The number of aromatic carboxylic acids is 1. The van der Waals surface area contributed by atoms with E-state index in [0.717, 1.165) is 6.07 Å². The molecule has 1 aromatic heterocycles. The lowest BCUT2D eigenvalue weighted by Crippen LogP contribution is -2.27. The number of hydrogen-bond acceptors (Lipinski definition) is 4. The second-order valence-corrected chi connectivity index (χ2v) is 5.53. The van der Waals surface area contributed by atoms with Crippen LogP contribution in [0.15, 0.2) is 17.2 Å². The number of primary amides is 1. The summed E-state index contributed by atoms with van der Waals surface area (Å²) >= 11 is 0. The van der Waals surface area contributed by atoms with Gasteiger partial charge in [0.2, 0.25) is 15.9 Å². The van der Waals surface area contributed by atoms with Gasteiger partial charge in [-0.2, -0.15) is 0 Å². The normalized spacial score (nSPS) is 11.4. The second kappa shape index (κ2) is 5.85. The van der Waals surface area contributed by atoms with E-state index in [1.165, 1.54) is 10.8 Å². The van der Waals surface area contributed by atoms with Gasteiger partial charge in [-0.15, -0.1) is 0 Å². The Labute approximate surface area is 110 Å². The maximum atomic E-state index is 11.8. The summed E-state index contributed by atoms with van der Waals surface area (Å²) in [5.41, 5.74) is 4.78. The van der Waals surface area contributed by atoms with Crippen molar-refractivity contribution in [2.45, 2.75) is 24.8 Å². The van der Waals surface area contributed by atoms with Crippen molar-refractivity contribution in [3.05, 3.63) is 18.0 Å². The average Bonchev–Trinajstić information content (AvgIpc) is 2.72. The number of amides is 1. The summed E-state index contributed by atoms with van der Waals surface area (Å²) in [7, 11) is -3.84. The van der Waals surface area contributed by atoms with Crippen molar-refractivity contribution in [2.75, 3.05) is 6.54 Å². The van der Waals surface area contributed by atoms with Crippen molar-refractivity contribution < 1.29 is 23.1 Å². The van der Waals surface area contributed by atoms with E-state index in [9.17, 15) is 18.0 Å². The van der Waals surface area contributed by atoms with E-state index < -0.39 is 21.9 Å². The minimum Gasteiger partial charge on any atom is -0.477 e. The van der Waals surface area contributed by atoms with Crippen LogP contribution in [0.25, 0.3) is 0 Å². The summed E-state index contributed by atoms with van der Waals surface area (Å²) < 4.78 is 27.2. The monoisotopic (exact) mass is 289 g/mol. The molecular formula is C10H15N3O5S. The minimum absolute atomic E-state index is 0.113. The van der Waals surface area contributed by atoms with Gasteiger partial charge in [-0.1, -0.05) is 0 Å². The Balaban J connectivity index is 2.95. The summed E-state index contributed by atoms with van der Waals surface area (Å²) in [6.07, 6.45) is 1.11. The van der Waals surface area contributed by atoms with Gasteiger partial charge in [0.25, 0.3) is 0 Å². The number of nitrogens with one attached hydrogen (secondary N) is 1. The number of sulfonamides is 1. The molecule has 0 saturated carbocycles. The zero-order valence-corrected chi connectivity index (χ0v) is 11.1. The molecule has 0 aliphatic carbocycles. The molecule has 1 amide bonds. The van der Waals surface area contributed by atoms with Gasteiger partial charge < -0.3 is 15.4 Å². The summed E-state index contributed by atoms with van der Waals surface area (Å²) in [5.74, 6) is -1.83. The Morgan fingerprint density at radius 2 is 2.11 bits per heavy atom. The molecule has 0 aliphatic heterocycles. The smallest absolute Gasteiger partial charge is 0.352 e. The molecule has 9 heteroatoms. The van der Waals surface area contributed by atoms with Crippen LogP contribution < -0.4 is 10.5 Å². The number of carboxylic acid groups (broad SMARTS) is 1. The van der Waals surface area contributed by atoms with Crippen molar-refractivity contribution in [2.24, 2.45) is 5.73 Å². The molecule has 0 unspecified atom stereocenters. The molecule has 1 rings (SSSR count). The molecule has 0 radical (unpaired) electrons. The molecule has 4 N–H and O–H groups in total. The lowest BCUT2D eigenvalue weighted by molar-refractivity contribution is -0.117. The molecule has 19 heavy (non-hydrogen) atoms. The van der Waals surface area contributed by atoms with Crippen LogP contribution in [0.1, 0.15) is 23.8 Å².